The summed E-state index contributed by atoms with van der Waals surface area (Å²) >= 11 is 0. The Morgan fingerprint density at radius 2 is 2.10 bits per heavy atom. The first-order valence-electron chi connectivity index (χ1n) is 3.03. The zero-order valence-electron chi connectivity index (χ0n) is 5.24. The van der Waals surface area contributed by atoms with Crippen molar-refractivity contribution in [2.45, 2.75) is 0 Å². The third-order valence-electron chi connectivity index (χ3n) is 1.47. The number of fused-ring (bicyclic) bond motifs is 1. The lowest BCUT2D eigenvalue weighted by Crippen LogP contribution is -1.71. The molecule has 10 heavy (non-hydrogen) atoms. The Kier molecular flexibility index (Phi) is 0.947. The smallest absolute Gasteiger partial charge is 0.137 e. The van der Waals surface area contributed by atoms with Gasteiger partial charge >= 0.3 is 0 Å². The second-order valence-electron chi connectivity index (χ2n) is 2.11. The first-order chi connectivity index (χ1) is 4.88. The van der Waals surface area contributed by atoms with Crippen LogP contribution in [0.4, 0.5) is 0 Å². The second-order valence-corrected chi connectivity index (χ2v) is 2.11. The van der Waals surface area contributed by atoms with Gasteiger partial charge in [0.15, 0.2) is 0 Å². The van der Waals surface area contributed by atoms with Crippen LogP contribution in [0.3, 0.4) is 0 Å². The summed E-state index contributed by atoms with van der Waals surface area (Å²) in [7, 11) is 0. The zero-order valence-corrected chi connectivity index (χ0v) is 5.24. The molecule has 0 aromatic carbocycles. The molecule has 0 spiro atoms. The number of aromatic hydroxyl groups is 1. The quantitative estimate of drug-likeness (QED) is 0.598. The summed E-state index contributed by atoms with van der Waals surface area (Å²) in [5.41, 5.74) is 0.766. The molecule has 1 aliphatic heterocycles. The molecule has 0 radical (unpaired) electrons. The summed E-state index contributed by atoms with van der Waals surface area (Å²) in [4.78, 5) is 0. The van der Waals surface area contributed by atoms with E-state index < -0.39 is 0 Å². The van der Waals surface area contributed by atoms with Crippen molar-refractivity contribution in [2.75, 3.05) is 0 Å². The summed E-state index contributed by atoms with van der Waals surface area (Å²) in [5, 5.41) is 9.20. The Hall–Kier alpha value is -1.44. The van der Waals surface area contributed by atoms with E-state index >= 15 is 0 Å². The molecule has 0 atom stereocenters. The van der Waals surface area contributed by atoms with Crippen LogP contribution < -0.4 is 0 Å². The Morgan fingerprint density at radius 1 is 1.20 bits per heavy atom. The van der Waals surface area contributed by atoms with E-state index in [0.717, 1.165) is 11.3 Å². The summed E-state index contributed by atoms with van der Waals surface area (Å²) in [5.74, 6) is 0.992. The van der Waals surface area contributed by atoms with Gasteiger partial charge in [-0.3, -0.25) is 0 Å². The van der Waals surface area contributed by atoms with Gasteiger partial charge in [-0.25, -0.2) is 0 Å². The van der Waals surface area contributed by atoms with Crippen LogP contribution >= 0.6 is 0 Å². The lowest BCUT2D eigenvalue weighted by molar-refractivity contribution is 0.462. The number of rotatable bonds is 0. The van der Waals surface area contributed by atoms with E-state index in [1.165, 1.54) is 12.3 Å². The van der Waals surface area contributed by atoms with Crippen molar-refractivity contribution in [2.24, 2.45) is 0 Å². The van der Waals surface area contributed by atoms with Gasteiger partial charge in [-0.2, -0.15) is 0 Å². The van der Waals surface area contributed by atoms with E-state index in [4.69, 9.17) is 4.42 Å². The van der Waals surface area contributed by atoms with Crippen LogP contribution in [0.25, 0.3) is 11.3 Å². The SMILES string of the molecule is Oc1ccoc2cccc1-2. The third kappa shape index (κ3) is 0.589. The van der Waals surface area contributed by atoms with Gasteiger partial charge in [0.05, 0.1) is 11.8 Å². The fraction of sp³-hybridized carbons (Fsp3) is 0. The summed E-state index contributed by atoms with van der Waals surface area (Å²) < 4.78 is 5.07. The molecule has 1 N–H and O–H groups in total. The molecule has 0 saturated carbocycles. The Morgan fingerprint density at radius 3 is 2.90 bits per heavy atom. The first kappa shape index (κ1) is 5.35. The molecule has 0 aromatic heterocycles. The van der Waals surface area contributed by atoms with Crippen molar-refractivity contribution >= 4 is 0 Å². The van der Waals surface area contributed by atoms with Crippen molar-refractivity contribution in [1.82, 2.24) is 0 Å². The van der Waals surface area contributed by atoms with Crippen molar-refractivity contribution in [3.05, 3.63) is 30.5 Å². The van der Waals surface area contributed by atoms with Gasteiger partial charge < -0.3 is 9.52 Å². The molecule has 1 heterocycles. The predicted octanol–water partition coefficient (Wildman–Crippen LogP) is 2.09. The van der Waals surface area contributed by atoms with Crippen LogP contribution in [0.2, 0.25) is 0 Å². The monoisotopic (exact) mass is 134 g/mol. The van der Waals surface area contributed by atoms with Gasteiger partial charge in [0.25, 0.3) is 0 Å². The molecular weight excluding hydrogens is 128 g/mol. The van der Waals surface area contributed by atoms with Crippen LogP contribution in [0.1, 0.15) is 0 Å². The topological polar surface area (TPSA) is 33.4 Å². The molecular formula is C8H6O2. The van der Waals surface area contributed by atoms with E-state index in [-0.39, 0.29) is 5.75 Å². The van der Waals surface area contributed by atoms with Crippen LogP contribution in [0, 0.1) is 0 Å². The van der Waals surface area contributed by atoms with Gasteiger partial charge in [-0.1, -0.05) is 6.07 Å². The molecule has 0 bridgehead atoms. The second kappa shape index (κ2) is 1.77. The van der Waals surface area contributed by atoms with E-state index in [2.05, 4.69) is 0 Å². The third-order valence-corrected chi connectivity index (χ3v) is 1.47. The summed E-state index contributed by atoms with van der Waals surface area (Å²) in [6, 6.07) is 7.00. The average Bonchev–Trinajstić information content (AvgIpc) is 2.36. The summed E-state index contributed by atoms with van der Waals surface area (Å²) in [6.45, 7) is 0. The molecule has 0 aromatic rings. The van der Waals surface area contributed by atoms with Gasteiger partial charge in [0.2, 0.25) is 0 Å². The lowest BCUT2D eigenvalue weighted by Gasteiger charge is -1.97. The summed E-state index contributed by atoms with van der Waals surface area (Å²) in [6.07, 6.45) is 1.47. The molecule has 2 aliphatic rings. The Bertz CT molecular complexity index is 311. The van der Waals surface area contributed by atoms with Crippen molar-refractivity contribution in [3.63, 3.8) is 0 Å². The maximum atomic E-state index is 9.20. The zero-order chi connectivity index (χ0) is 6.97. The molecule has 0 amide bonds. The maximum Gasteiger partial charge on any atom is 0.137 e. The number of hydrogen-bond donors (Lipinski definition) is 1. The van der Waals surface area contributed by atoms with Gasteiger partial charge in [0.1, 0.15) is 11.5 Å². The van der Waals surface area contributed by atoms with Crippen molar-refractivity contribution in [1.29, 1.82) is 0 Å². The Labute approximate surface area is 58.1 Å². The van der Waals surface area contributed by atoms with E-state index in [0.29, 0.717) is 0 Å². The van der Waals surface area contributed by atoms with Gasteiger partial charge in [-0.05, 0) is 12.1 Å². The molecule has 2 heteroatoms. The normalized spacial score (nSPS) is 10.4. The average molecular weight is 134 g/mol. The minimum absolute atomic E-state index is 0.270. The fourth-order valence-corrected chi connectivity index (χ4v) is 0.980. The van der Waals surface area contributed by atoms with Crippen molar-refractivity contribution < 1.29 is 9.52 Å². The lowest BCUT2D eigenvalue weighted by atomic mass is 10.2. The van der Waals surface area contributed by atoms with Crippen LogP contribution in [-0.4, -0.2) is 5.11 Å². The highest BCUT2D eigenvalue weighted by molar-refractivity contribution is 5.66. The van der Waals surface area contributed by atoms with Crippen LogP contribution in [0.5, 0.6) is 5.75 Å². The van der Waals surface area contributed by atoms with E-state index in [1.807, 2.05) is 18.2 Å². The molecule has 2 rings (SSSR count). The maximum absolute atomic E-state index is 9.20. The highest BCUT2D eigenvalue weighted by Crippen LogP contribution is 2.30. The minimum atomic E-state index is 0.270. The predicted molar refractivity (Wildman–Crippen MR) is 37.0 cm³/mol. The number of hydrogen-bond acceptors (Lipinski definition) is 2. The van der Waals surface area contributed by atoms with Crippen LogP contribution in [-0.2, 0) is 0 Å². The molecule has 1 aliphatic carbocycles. The molecule has 0 fully saturated rings. The molecule has 2 nitrogen and oxygen atoms in total. The van der Waals surface area contributed by atoms with Gasteiger partial charge in [-0.15, -0.1) is 0 Å². The Balaban J connectivity index is 2.80. The standard InChI is InChI=1S/C8H6O2/c9-7-4-5-10-8-3-1-2-6(7)8/h1-5,9H. The minimum Gasteiger partial charge on any atom is -0.507 e. The fourth-order valence-electron chi connectivity index (χ4n) is 0.980. The first-order valence-corrected chi connectivity index (χ1v) is 3.03. The largest absolute Gasteiger partial charge is 0.507 e. The van der Waals surface area contributed by atoms with E-state index in [1.54, 1.807) is 0 Å². The molecule has 0 unspecified atom stereocenters. The van der Waals surface area contributed by atoms with Crippen molar-refractivity contribution in [3.8, 4) is 17.1 Å². The van der Waals surface area contributed by atoms with E-state index in [9.17, 15) is 5.11 Å². The molecule has 0 saturated heterocycles. The highest BCUT2D eigenvalue weighted by Gasteiger charge is 2.06. The highest BCUT2D eigenvalue weighted by atomic mass is 16.3. The van der Waals surface area contributed by atoms with Crippen LogP contribution in [0.15, 0.2) is 34.9 Å². The van der Waals surface area contributed by atoms with Gasteiger partial charge in [0, 0.05) is 6.07 Å². The molecule has 50 valence electrons.